The normalized spacial score (nSPS) is 10.7. The molecule has 7 nitrogen and oxygen atoms in total. The van der Waals surface area contributed by atoms with Crippen molar-refractivity contribution < 1.29 is 23.8 Å². The molecule has 9 heteroatoms. The van der Waals surface area contributed by atoms with Gasteiger partial charge < -0.3 is 14.2 Å². The highest BCUT2D eigenvalue weighted by Crippen LogP contribution is 2.39. The van der Waals surface area contributed by atoms with Crippen molar-refractivity contribution in [1.82, 2.24) is 9.97 Å². The lowest BCUT2D eigenvalue weighted by atomic mass is 10.1. The van der Waals surface area contributed by atoms with Crippen molar-refractivity contribution in [2.24, 2.45) is 0 Å². The molecule has 2 aromatic heterocycles. The van der Waals surface area contributed by atoms with Gasteiger partial charge in [0.2, 0.25) is 5.88 Å². The molecule has 0 saturated carbocycles. The van der Waals surface area contributed by atoms with E-state index < -0.39 is 11.9 Å². The number of halogens is 1. The minimum Gasteiger partial charge on any atom is -0.465 e. The first-order valence-corrected chi connectivity index (χ1v) is 10.2. The summed E-state index contributed by atoms with van der Waals surface area (Å²) in [5.41, 5.74) is 2.10. The van der Waals surface area contributed by atoms with Crippen molar-refractivity contribution in [2.75, 3.05) is 14.2 Å². The molecule has 0 fully saturated rings. The lowest BCUT2D eigenvalue weighted by molar-refractivity contribution is 0.0598. The van der Waals surface area contributed by atoms with Crippen molar-refractivity contribution in [3.63, 3.8) is 0 Å². The van der Waals surface area contributed by atoms with Crippen LogP contribution in [0.15, 0.2) is 54.2 Å². The van der Waals surface area contributed by atoms with Crippen LogP contribution in [0.4, 0.5) is 0 Å². The molecule has 0 radical (unpaired) electrons. The number of methoxy groups -OCH3 is 2. The Morgan fingerprint density at radius 2 is 1.58 bits per heavy atom. The zero-order valence-electron chi connectivity index (χ0n) is 16.4. The van der Waals surface area contributed by atoms with Crippen molar-refractivity contribution in [1.29, 1.82) is 0 Å². The molecule has 0 aliphatic heterocycles. The number of hydrogen-bond donors (Lipinski definition) is 0. The van der Waals surface area contributed by atoms with Gasteiger partial charge in [-0.1, -0.05) is 23.7 Å². The highest BCUT2D eigenvalue weighted by Gasteiger charge is 2.18. The Labute approximate surface area is 186 Å². The number of fused-ring (bicyclic) bond motifs is 1. The zero-order chi connectivity index (χ0) is 22.0. The largest absolute Gasteiger partial charge is 0.465 e. The lowest BCUT2D eigenvalue weighted by Gasteiger charge is -2.10. The number of nitrogens with zero attached hydrogens (tertiary/aromatic N) is 2. The van der Waals surface area contributed by atoms with Gasteiger partial charge in [0.05, 0.1) is 30.7 Å². The standard InChI is InChI=1S/C22H15ClN2O5S/c1-28-21(26)13-7-14(22(27)29-2)9-16(8-13)30-19-18-17(10-31-20(18)25-11-24-19)12-3-5-15(23)6-4-12/h3-11H,1-2H3. The highest BCUT2D eigenvalue weighted by atomic mass is 35.5. The maximum Gasteiger partial charge on any atom is 0.338 e. The Hall–Kier alpha value is -3.49. The Balaban J connectivity index is 1.82. The summed E-state index contributed by atoms with van der Waals surface area (Å²) < 4.78 is 15.6. The summed E-state index contributed by atoms with van der Waals surface area (Å²) in [4.78, 5) is 33.4. The van der Waals surface area contributed by atoms with E-state index in [0.717, 1.165) is 16.0 Å². The molecule has 0 bridgehead atoms. The first-order valence-electron chi connectivity index (χ1n) is 8.98. The molecule has 0 spiro atoms. The number of rotatable bonds is 5. The number of thiophene rings is 1. The van der Waals surface area contributed by atoms with Crippen LogP contribution >= 0.6 is 22.9 Å². The Bertz CT molecular complexity index is 1250. The van der Waals surface area contributed by atoms with Crippen LogP contribution in [0.2, 0.25) is 5.02 Å². The Morgan fingerprint density at radius 3 is 2.19 bits per heavy atom. The minimum absolute atomic E-state index is 0.147. The summed E-state index contributed by atoms with van der Waals surface area (Å²) in [6.07, 6.45) is 1.39. The lowest BCUT2D eigenvalue weighted by Crippen LogP contribution is -2.07. The number of aromatic nitrogens is 2. The number of carbonyl (C=O) groups is 2. The van der Waals surface area contributed by atoms with Gasteiger partial charge in [0.25, 0.3) is 0 Å². The van der Waals surface area contributed by atoms with Crippen molar-refractivity contribution in [2.45, 2.75) is 0 Å². The van der Waals surface area contributed by atoms with Crippen molar-refractivity contribution >= 4 is 45.1 Å². The van der Waals surface area contributed by atoms with Crippen LogP contribution in [0.25, 0.3) is 21.3 Å². The van der Waals surface area contributed by atoms with Crippen LogP contribution in [-0.4, -0.2) is 36.1 Å². The molecule has 4 aromatic rings. The maximum absolute atomic E-state index is 12.1. The predicted molar refractivity (Wildman–Crippen MR) is 117 cm³/mol. The fourth-order valence-corrected chi connectivity index (χ4v) is 4.04. The van der Waals surface area contributed by atoms with Crippen LogP contribution in [0, 0.1) is 0 Å². The van der Waals surface area contributed by atoms with Gasteiger partial charge in [-0.25, -0.2) is 19.6 Å². The predicted octanol–water partition coefficient (Wildman–Crippen LogP) is 5.38. The molecule has 31 heavy (non-hydrogen) atoms. The van der Waals surface area contributed by atoms with E-state index in [2.05, 4.69) is 9.97 Å². The summed E-state index contributed by atoms with van der Waals surface area (Å²) in [6.45, 7) is 0. The molecule has 2 heterocycles. The molecule has 0 aliphatic carbocycles. The second-order valence-electron chi connectivity index (χ2n) is 6.35. The van der Waals surface area contributed by atoms with E-state index in [0.29, 0.717) is 10.4 Å². The SMILES string of the molecule is COC(=O)c1cc(Oc2ncnc3scc(-c4ccc(Cl)cc4)c23)cc(C(=O)OC)c1. The molecule has 0 N–H and O–H groups in total. The summed E-state index contributed by atoms with van der Waals surface area (Å²) >= 11 is 7.46. The number of hydrogen-bond acceptors (Lipinski definition) is 8. The monoisotopic (exact) mass is 454 g/mol. The molecule has 0 atom stereocenters. The van der Waals surface area contributed by atoms with E-state index in [-0.39, 0.29) is 22.8 Å². The van der Waals surface area contributed by atoms with E-state index in [1.54, 1.807) is 12.1 Å². The molecule has 0 unspecified atom stereocenters. The average molecular weight is 455 g/mol. The van der Waals surface area contributed by atoms with Gasteiger partial charge in [0.1, 0.15) is 16.9 Å². The fraction of sp³-hybridized carbons (Fsp3) is 0.0909. The third kappa shape index (κ3) is 4.21. The molecule has 156 valence electrons. The molecule has 0 aliphatic rings. The van der Waals surface area contributed by atoms with Crippen LogP contribution in [-0.2, 0) is 9.47 Å². The smallest absolute Gasteiger partial charge is 0.338 e. The van der Waals surface area contributed by atoms with Crippen molar-refractivity contribution in [3.05, 3.63) is 70.3 Å². The van der Waals surface area contributed by atoms with E-state index in [9.17, 15) is 9.59 Å². The molecule has 2 aromatic carbocycles. The van der Waals surface area contributed by atoms with E-state index in [4.69, 9.17) is 25.8 Å². The Kier molecular flexibility index (Phi) is 5.83. The van der Waals surface area contributed by atoms with Gasteiger partial charge >= 0.3 is 11.9 Å². The quantitative estimate of drug-likeness (QED) is 0.374. The van der Waals surface area contributed by atoms with Crippen LogP contribution in [0.3, 0.4) is 0 Å². The zero-order valence-corrected chi connectivity index (χ0v) is 18.0. The summed E-state index contributed by atoms with van der Waals surface area (Å²) in [5.74, 6) is -0.702. The molecule has 4 rings (SSSR count). The maximum atomic E-state index is 12.1. The number of ether oxygens (including phenoxy) is 3. The average Bonchev–Trinajstić information content (AvgIpc) is 3.23. The number of benzene rings is 2. The topological polar surface area (TPSA) is 87.6 Å². The van der Waals surface area contributed by atoms with Crippen LogP contribution in [0.1, 0.15) is 20.7 Å². The van der Waals surface area contributed by atoms with Gasteiger partial charge in [-0.2, -0.15) is 0 Å². The molecule has 0 amide bonds. The summed E-state index contributed by atoms with van der Waals surface area (Å²) in [6, 6.07) is 11.7. The third-order valence-electron chi connectivity index (χ3n) is 4.45. The van der Waals surface area contributed by atoms with E-state index >= 15 is 0 Å². The number of carbonyl (C=O) groups excluding carboxylic acids is 2. The number of esters is 2. The molecular formula is C22H15ClN2O5S. The fourth-order valence-electron chi connectivity index (χ4n) is 3.01. The van der Waals surface area contributed by atoms with Gasteiger partial charge in [-0.05, 0) is 35.9 Å². The van der Waals surface area contributed by atoms with Crippen molar-refractivity contribution in [3.8, 4) is 22.8 Å². The Morgan fingerprint density at radius 1 is 0.935 bits per heavy atom. The van der Waals surface area contributed by atoms with Gasteiger partial charge in [-0.3, -0.25) is 0 Å². The first-order chi connectivity index (χ1) is 15.0. The first kappa shape index (κ1) is 20.8. The molecular weight excluding hydrogens is 440 g/mol. The van der Waals surface area contributed by atoms with Gasteiger partial charge in [0.15, 0.2) is 0 Å². The molecule has 0 saturated heterocycles. The minimum atomic E-state index is -0.610. The third-order valence-corrected chi connectivity index (χ3v) is 5.59. The highest BCUT2D eigenvalue weighted by molar-refractivity contribution is 7.17. The van der Waals surface area contributed by atoms with Crippen LogP contribution in [0.5, 0.6) is 11.6 Å². The van der Waals surface area contributed by atoms with E-state index in [1.807, 2.05) is 17.5 Å². The summed E-state index contributed by atoms with van der Waals surface area (Å²) in [7, 11) is 2.51. The second kappa shape index (κ2) is 8.71. The second-order valence-corrected chi connectivity index (χ2v) is 7.64. The summed E-state index contributed by atoms with van der Waals surface area (Å²) in [5, 5.41) is 3.30. The van der Waals surface area contributed by atoms with Gasteiger partial charge in [-0.15, -0.1) is 11.3 Å². The van der Waals surface area contributed by atoms with E-state index in [1.165, 1.54) is 50.1 Å². The van der Waals surface area contributed by atoms with Gasteiger partial charge in [0, 0.05) is 16.0 Å². The van der Waals surface area contributed by atoms with Crippen LogP contribution < -0.4 is 4.74 Å².